The molecule has 0 saturated carbocycles. The van der Waals surface area contributed by atoms with Gasteiger partial charge < -0.3 is 4.40 Å². The van der Waals surface area contributed by atoms with Gasteiger partial charge in [-0.1, -0.05) is 53.4 Å². The van der Waals surface area contributed by atoms with E-state index < -0.39 is 0 Å². The molecule has 0 N–H and O–H groups in total. The molecule has 0 atom stereocenters. The lowest BCUT2D eigenvalue weighted by molar-refractivity contribution is 1.29. The monoisotopic (exact) mass is 468 g/mol. The van der Waals surface area contributed by atoms with E-state index in [0.29, 0.717) is 0 Å². The molecule has 0 unspecified atom stereocenters. The quantitative estimate of drug-likeness (QED) is 0.304. The van der Waals surface area contributed by atoms with Gasteiger partial charge in [-0.15, -0.1) is 16.4 Å². The van der Waals surface area contributed by atoms with Crippen LogP contribution in [0.1, 0.15) is 5.56 Å². The molecule has 0 aliphatic heterocycles. The third-order valence-electron chi connectivity index (χ3n) is 8.90. The van der Waals surface area contributed by atoms with Crippen LogP contribution in [-0.4, -0.2) is 48.6 Å². The number of benzene rings is 4. The normalized spacial score (nSPS) is 11.9. The molecule has 3 aromatic heterocycles. The summed E-state index contributed by atoms with van der Waals surface area (Å²) in [4.78, 5) is 5.00. The van der Waals surface area contributed by atoms with Gasteiger partial charge in [0.25, 0.3) is 0 Å². The van der Waals surface area contributed by atoms with Gasteiger partial charge in [0.05, 0.1) is 22.2 Å². The number of aromatic nitrogens is 2. The highest BCUT2D eigenvalue weighted by Gasteiger charge is 2.18. The largest absolute Gasteiger partial charge is 0.308 e. The third kappa shape index (κ3) is 2.97. The van der Waals surface area contributed by atoms with Crippen LogP contribution in [0.25, 0.3) is 60.5 Å². The maximum Gasteiger partial charge on any atom is 0.139 e. The van der Waals surface area contributed by atoms with Gasteiger partial charge in [-0.3, -0.25) is 4.98 Å². The zero-order valence-electron chi connectivity index (χ0n) is 22.3. The molecule has 0 saturated heterocycles. The second-order valence-corrected chi connectivity index (χ2v) is 10.7. The van der Waals surface area contributed by atoms with Crippen molar-refractivity contribution in [1.29, 1.82) is 0 Å². The van der Waals surface area contributed by atoms with Crippen LogP contribution in [0.3, 0.4) is 0 Å². The molecule has 0 aliphatic carbocycles. The predicted octanol–water partition coefficient (Wildman–Crippen LogP) is -0.834. The van der Waals surface area contributed by atoms with Gasteiger partial charge in [0.1, 0.15) is 39.2 Å². The van der Waals surface area contributed by atoms with Crippen molar-refractivity contribution in [3.63, 3.8) is 0 Å². The molecule has 3 heterocycles. The van der Waals surface area contributed by atoms with Gasteiger partial charge in [0.2, 0.25) is 0 Å². The Hall–Kier alpha value is -3.85. The van der Waals surface area contributed by atoms with E-state index in [-0.39, 0.29) is 0 Å². The van der Waals surface area contributed by atoms with Crippen LogP contribution in [0.4, 0.5) is 0 Å². The Kier molecular flexibility index (Phi) is 4.73. The topological polar surface area (TPSA) is 17.3 Å². The first-order valence-corrected chi connectivity index (χ1v) is 13.1. The maximum absolute atomic E-state index is 5.00. The van der Waals surface area contributed by atoms with E-state index in [1.54, 1.807) is 0 Å². The van der Waals surface area contributed by atoms with Crippen LogP contribution < -0.4 is 27.3 Å². The van der Waals surface area contributed by atoms with Crippen molar-refractivity contribution in [1.82, 2.24) is 9.38 Å². The van der Waals surface area contributed by atoms with Gasteiger partial charge in [-0.2, -0.15) is 0 Å². The Morgan fingerprint density at radius 3 is 1.97 bits per heavy atom. The third-order valence-corrected chi connectivity index (χ3v) is 8.90. The summed E-state index contributed by atoms with van der Waals surface area (Å²) in [5.41, 5.74) is 16.7. The number of rotatable bonds is 2. The van der Waals surface area contributed by atoms with Crippen molar-refractivity contribution >= 4 is 105 Å². The minimum atomic E-state index is 1.02. The fourth-order valence-corrected chi connectivity index (χ4v) is 6.47. The molecule has 0 amide bonds. The molecule has 0 aliphatic rings. The lowest BCUT2D eigenvalue weighted by atomic mass is 9.59. The summed E-state index contributed by atoms with van der Waals surface area (Å²) < 4.78 is 2.43. The highest BCUT2D eigenvalue weighted by atomic mass is 14.9. The second-order valence-electron chi connectivity index (χ2n) is 10.7. The van der Waals surface area contributed by atoms with Crippen molar-refractivity contribution in [3.05, 3.63) is 78.5 Å². The maximum atomic E-state index is 5.00. The summed E-state index contributed by atoms with van der Waals surface area (Å²) in [6, 6.07) is 24.5. The summed E-state index contributed by atoms with van der Waals surface area (Å²) in [5, 5.41) is 5.22. The number of hydrogen-bond donors (Lipinski definition) is 0. The van der Waals surface area contributed by atoms with Crippen LogP contribution in [0, 0.1) is 6.92 Å². The number of fused-ring (bicyclic) bond motifs is 6. The molecule has 37 heavy (non-hydrogen) atoms. The van der Waals surface area contributed by atoms with Crippen LogP contribution in [-0.2, 0) is 0 Å². The van der Waals surface area contributed by atoms with E-state index >= 15 is 0 Å². The molecule has 4 aromatic carbocycles. The lowest BCUT2D eigenvalue weighted by Gasteiger charge is -2.21. The fourth-order valence-electron chi connectivity index (χ4n) is 6.47. The van der Waals surface area contributed by atoms with Gasteiger partial charge in [0.15, 0.2) is 0 Å². The van der Waals surface area contributed by atoms with Gasteiger partial charge in [-0.25, -0.2) is 0 Å². The molecule has 0 bridgehead atoms. The molecule has 170 valence electrons. The average Bonchev–Trinajstić information content (AvgIpc) is 3.43. The fraction of sp³-hybridized carbons (Fsp3) is 0.0333. The van der Waals surface area contributed by atoms with Crippen LogP contribution in [0.15, 0.2) is 72.9 Å². The van der Waals surface area contributed by atoms with E-state index in [0.717, 1.165) is 11.3 Å². The molecule has 0 radical (unpaired) electrons. The zero-order chi connectivity index (χ0) is 25.6. The summed E-state index contributed by atoms with van der Waals surface area (Å²) >= 11 is 0. The number of hydrogen-bond acceptors (Lipinski definition) is 1. The van der Waals surface area contributed by atoms with Crippen LogP contribution >= 0.6 is 0 Å². The summed E-state index contributed by atoms with van der Waals surface area (Å²) in [7, 11) is 11.2. The molecule has 7 aromatic rings. The second kappa shape index (κ2) is 7.82. The Balaban J connectivity index is 1.42. The number of aryl methyl sites for hydroxylation is 1. The number of para-hydroxylation sites is 2. The minimum Gasteiger partial charge on any atom is -0.308 e. The lowest BCUT2D eigenvalue weighted by Crippen LogP contribution is -2.55. The van der Waals surface area contributed by atoms with Crippen LogP contribution in [0.5, 0.6) is 0 Å². The number of nitrogens with zero attached hydrogens (tertiary/aromatic N) is 2. The first-order chi connectivity index (χ1) is 17.9. The highest BCUT2D eigenvalue weighted by molar-refractivity contribution is 6.68. The van der Waals surface area contributed by atoms with Crippen molar-refractivity contribution in [2.45, 2.75) is 6.92 Å². The first kappa shape index (κ1) is 22.4. The molecular formula is C30H25B5N2. The standard InChI is InChI=1S/C30H25B5N2/c1-14-11-21(36-13-20(14)24-25(31)27(33)29(35)28(34)26(24)32)15-9-10-23-19(12-15)18-7-4-6-17-16-5-2-3-8-22(16)37(23)30(17)18/h2-13H,31-35H2,1H3. The molecule has 0 spiro atoms. The van der Waals surface area contributed by atoms with Crippen molar-refractivity contribution in [3.8, 4) is 22.4 Å². The van der Waals surface area contributed by atoms with E-state index in [4.69, 9.17) is 4.98 Å². The predicted molar refractivity (Wildman–Crippen MR) is 175 cm³/mol. The minimum absolute atomic E-state index is 1.02. The Labute approximate surface area is 221 Å². The van der Waals surface area contributed by atoms with Gasteiger partial charge >= 0.3 is 0 Å². The van der Waals surface area contributed by atoms with E-state index in [9.17, 15) is 0 Å². The van der Waals surface area contributed by atoms with Crippen molar-refractivity contribution in [2.24, 2.45) is 0 Å². The van der Waals surface area contributed by atoms with Crippen molar-refractivity contribution < 1.29 is 0 Å². The number of pyridine rings is 1. The summed E-state index contributed by atoms with van der Waals surface area (Å²) in [5.74, 6) is 0. The molecule has 7 heteroatoms. The van der Waals surface area contributed by atoms with Gasteiger partial charge in [0, 0.05) is 38.9 Å². The molecule has 7 rings (SSSR count). The molecular weight excluding hydrogens is 442 g/mol. The Bertz CT molecular complexity index is 2030. The van der Waals surface area contributed by atoms with Gasteiger partial charge in [-0.05, 0) is 42.3 Å². The molecule has 2 nitrogen and oxygen atoms in total. The Morgan fingerprint density at radius 2 is 1.24 bits per heavy atom. The SMILES string of the molecule is Bc1c(B)c(B)c(-c2cnc(-c3ccc4c(c3)c3cccc5c6ccccc6n4c53)cc2C)c(B)c1B. The summed E-state index contributed by atoms with van der Waals surface area (Å²) in [6.45, 7) is 2.22. The first-order valence-electron chi connectivity index (χ1n) is 13.1. The smallest absolute Gasteiger partial charge is 0.139 e. The highest BCUT2D eigenvalue weighted by Crippen LogP contribution is 2.40. The van der Waals surface area contributed by atoms with E-state index in [1.165, 1.54) is 82.1 Å². The summed E-state index contributed by atoms with van der Waals surface area (Å²) in [6.07, 6.45) is 2.08. The zero-order valence-corrected chi connectivity index (χ0v) is 22.3. The average molecular weight is 468 g/mol. The van der Waals surface area contributed by atoms with E-state index in [2.05, 4.69) is 123 Å². The molecule has 0 fully saturated rings. The van der Waals surface area contributed by atoms with Crippen LogP contribution in [0.2, 0.25) is 0 Å². The van der Waals surface area contributed by atoms with Crippen molar-refractivity contribution in [2.75, 3.05) is 0 Å². The Morgan fingerprint density at radius 1 is 0.622 bits per heavy atom. The van der Waals surface area contributed by atoms with E-state index in [1.807, 2.05) is 0 Å².